The Labute approximate surface area is 151 Å². The number of nitrogens with zero attached hydrogens (tertiary/aromatic N) is 1. The van der Waals surface area contributed by atoms with E-state index in [0.717, 1.165) is 11.4 Å². The summed E-state index contributed by atoms with van der Waals surface area (Å²) in [7, 11) is 3.12. The molecule has 0 radical (unpaired) electrons. The monoisotopic (exact) mass is 356 g/mol. The Balaban J connectivity index is 1.85. The van der Waals surface area contributed by atoms with Crippen molar-refractivity contribution in [1.82, 2.24) is 4.98 Å². The standard InChI is InChI=1S/C20H21FN2O3/c1-12-6-19(17-9-14(21)4-5-18(17)23-12)22-11-20(24)13-7-15(25-2)10-16(8-13)26-3/h4-10,20,24H,11H2,1-3H3,(H,22,23). The third-order valence-electron chi connectivity index (χ3n) is 4.14. The van der Waals surface area contributed by atoms with E-state index in [1.807, 2.05) is 13.0 Å². The summed E-state index contributed by atoms with van der Waals surface area (Å²) in [6.07, 6.45) is -0.795. The van der Waals surface area contributed by atoms with Crippen LogP contribution in [0.3, 0.4) is 0 Å². The molecule has 2 N–H and O–H groups in total. The van der Waals surface area contributed by atoms with E-state index in [1.165, 1.54) is 12.1 Å². The Morgan fingerprint density at radius 2 is 1.77 bits per heavy atom. The van der Waals surface area contributed by atoms with Gasteiger partial charge in [0.05, 0.1) is 25.8 Å². The molecule has 0 fully saturated rings. The molecule has 0 saturated carbocycles. The Hall–Kier alpha value is -2.86. The first kappa shape index (κ1) is 17.9. The molecular weight excluding hydrogens is 335 g/mol. The maximum absolute atomic E-state index is 13.6. The van der Waals surface area contributed by atoms with E-state index in [4.69, 9.17) is 9.47 Å². The van der Waals surface area contributed by atoms with Gasteiger partial charge >= 0.3 is 0 Å². The molecule has 0 aliphatic heterocycles. The summed E-state index contributed by atoms with van der Waals surface area (Å²) in [5.74, 6) is 0.876. The lowest BCUT2D eigenvalue weighted by atomic mass is 10.1. The van der Waals surface area contributed by atoms with E-state index in [-0.39, 0.29) is 12.4 Å². The number of hydrogen-bond acceptors (Lipinski definition) is 5. The zero-order chi connectivity index (χ0) is 18.7. The minimum atomic E-state index is -0.795. The van der Waals surface area contributed by atoms with Crippen molar-refractivity contribution in [2.75, 3.05) is 26.1 Å². The van der Waals surface area contributed by atoms with Crippen LogP contribution in [-0.2, 0) is 0 Å². The maximum atomic E-state index is 13.6. The van der Waals surface area contributed by atoms with Gasteiger partial charge in [0.2, 0.25) is 0 Å². The number of benzene rings is 2. The lowest BCUT2D eigenvalue weighted by Crippen LogP contribution is -2.13. The van der Waals surface area contributed by atoms with Crippen LogP contribution < -0.4 is 14.8 Å². The molecule has 1 aromatic heterocycles. The van der Waals surface area contributed by atoms with Gasteiger partial charge in [-0.15, -0.1) is 0 Å². The predicted octanol–water partition coefficient (Wildman–Crippen LogP) is 3.85. The third kappa shape index (κ3) is 3.86. The number of aliphatic hydroxyl groups excluding tert-OH is 1. The molecule has 0 bridgehead atoms. The van der Waals surface area contributed by atoms with Gasteiger partial charge in [-0.25, -0.2) is 4.39 Å². The first-order chi connectivity index (χ1) is 12.5. The normalized spacial score (nSPS) is 12.0. The minimum absolute atomic E-state index is 0.241. The van der Waals surface area contributed by atoms with Crippen LogP contribution in [0, 0.1) is 12.7 Å². The molecule has 0 aliphatic rings. The summed E-state index contributed by atoms with van der Waals surface area (Å²) < 4.78 is 24.1. The Morgan fingerprint density at radius 1 is 1.08 bits per heavy atom. The third-order valence-corrected chi connectivity index (χ3v) is 4.14. The Bertz CT molecular complexity index is 908. The molecule has 1 atom stereocenters. The number of methoxy groups -OCH3 is 2. The van der Waals surface area contributed by atoms with Gasteiger partial charge in [-0.3, -0.25) is 4.98 Å². The van der Waals surface area contributed by atoms with Crippen molar-refractivity contribution in [1.29, 1.82) is 0 Å². The van der Waals surface area contributed by atoms with Crippen LogP contribution >= 0.6 is 0 Å². The van der Waals surface area contributed by atoms with Crippen LogP contribution in [0.25, 0.3) is 10.9 Å². The molecule has 2 aromatic carbocycles. The first-order valence-corrected chi connectivity index (χ1v) is 8.22. The highest BCUT2D eigenvalue weighted by Crippen LogP contribution is 2.28. The number of halogens is 1. The number of aromatic nitrogens is 1. The van der Waals surface area contributed by atoms with Gasteiger partial charge in [0.25, 0.3) is 0 Å². The van der Waals surface area contributed by atoms with Crippen molar-refractivity contribution in [2.24, 2.45) is 0 Å². The number of rotatable bonds is 6. The fourth-order valence-electron chi connectivity index (χ4n) is 2.82. The lowest BCUT2D eigenvalue weighted by Gasteiger charge is -2.17. The molecule has 26 heavy (non-hydrogen) atoms. The van der Waals surface area contributed by atoms with Crippen LogP contribution in [-0.4, -0.2) is 30.9 Å². The van der Waals surface area contributed by atoms with E-state index in [0.29, 0.717) is 28.0 Å². The zero-order valence-corrected chi connectivity index (χ0v) is 14.9. The second-order valence-electron chi connectivity index (χ2n) is 6.02. The molecule has 6 heteroatoms. The van der Waals surface area contributed by atoms with Gasteiger partial charge in [0, 0.05) is 29.4 Å². The van der Waals surface area contributed by atoms with Gasteiger partial charge in [0.15, 0.2) is 0 Å². The highest BCUT2D eigenvalue weighted by Gasteiger charge is 2.13. The van der Waals surface area contributed by atoms with Crippen molar-refractivity contribution in [2.45, 2.75) is 13.0 Å². The molecule has 0 aliphatic carbocycles. The second-order valence-corrected chi connectivity index (χ2v) is 6.02. The number of fused-ring (bicyclic) bond motifs is 1. The van der Waals surface area contributed by atoms with Crippen LogP contribution in [0.4, 0.5) is 10.1 Å². The number of anilines is 1. The second kappa shape index (κ2) is 7.58. The highest BCUT2D eigenvalue weighted by atomic mass is 19.1. The smallest absolute Gasteiger partial charge is 0.124 e. The van der Waals surface area contributed by atoms with E-state index >= 15 is 0 Å². The van der Waals surface area contributed by atoms with E-state index < -0.39 is 6.10 Å². The molecule has 0 spiro atoms. The van der Waals surface area contributed by atoms with Gasteiger partial charge < -0.3 is 19.9 Å². The largest absolute Gasteiger partial charge is 0.497 e. The zero-order valence-electron chi connectivity index (χ0n) is 14.9. The quantitative estimate of drug-likeness (QED) is 0.702. The molecule has 1 unspecified atom stereocenters. The molecule has 5 nitrogen and oxygen atoms in total. The van der Waals surface area contributed by atoms with Crippen molar-refractivity contribution < 1.29 is 19.0 Å². The molecule has 0 saturated heterocycles. The summed E-state index contributed by atoms with van der Waals surface area (Å²) in [5, 5.41) is 14.4. The van der Waals surface area contributed by atoms with E-state index in [2.05, 4.69) is 10.3 Å². The van der Waals surface area contributed by atoms with Crippen LogP contribution in [0.2, 0.25) is 0 Å². The average Bonchev–Trinajstić information content (AvgIpc) is 2.65. The van der Waals surface area contributed by atoms with Crippen LogP contribution in [0.1, 0.15) is 17.4 Å². The number of ether oxygens (including phenoxy) is 2. The van der Waals surface area contributed by atoms with Gasteiger partial charge in [-0.2, -0.15) is 0 Å². The molecule has 3 aromatic rings. The summed E-state index contributed by atoms with van der Waals surface area (Å²) >= 11 is 0. The van der Waals surface area contributed by atoms with E-state index in [9.17, 15) is 9.50 Å². The number of aryl methyl sites for hydroxylation is 1. The van der Waals surface area contributed by atoms with Crippen molar-refractivity contribution in [3.05, 3.63) is 59.5 Å². The van der Waals surface area contributed by atoms with Crippen molar-refractivity contribution in [3.8, 4) is 11.5 Å². The van der Waals surface area contributed by atoms with Crippen molar-refractivity contribution in [3.63, 3.8) is 0 Å². The summed E-state index contributed by atoms with van der Waals surface area (Å²) in [5.41, 5.74) is 2.89. The summed E-state index contributed by atoms with van der Waals surface area (Å²) in [6, 6.07) is 11.6. The fraction of sp³-hybridized carbons (Fsp3) is 0.250. The maximum Gasteiger partial charge on any atom is 0.124 e. The molecule has 0 amide bonds. The summed E-state index contributed by atoms with van der Waals surface area (Å²) in [4.78, 5) is 4.41. The molecule has 3 rings (SSSR count). The number of pyridine rings is 1. The number of aliphatic hydroxyl groups is 1. The van der Waals surface area contributed by atoms with E-state index in [1.54, 1.807) is 38.5 Å². The topological polar surface area (TPSA) is 63.6 Å². The number of hydrogen-bond donors (Lipinski definition) is 2. The van der Waals surface area contributed by atoms with Crippen LogP contribution in [0.15, 0.2) is 42.5 Å². The van der Waals surface area contributed by atoms with Gasteiger partial charge in [0.1, 0.15) is 17.3 Å². The predicted molar refractivity (Wildman–Crippen MR) is 99.4 cm³/mol. The number of nitrogens with one attached hydrogen (secondary N) is 1. The molecular formula is C20H21FN2O3. The summed E-state index contributed by atoms with van der Waals surface area (Å²) in [6.45, 7) is 2.11. The molecule has 136 valence electrons. The highest BCUT2D eigenvalue weighted by molar-refractivity contribution is 5.91. The Kier molecular flexibility index (Phi) is 5.23. The lowest BCUT2D eigenvalue weighted by molar-refractivity contribution is 0.190. The fourth-order valence-corrected chi connectivity index (χ4v) is 2.82. The average molecular weight is 356 g/mol. The first-order valence-electron chi connectivity index (χ1n) is 8.22. The molecule has 1 heterocycles. The Morgan fingerprint density at radius 3 is 2.42 bits per heavy atom. The SMILES string of the molecule is COc1cc(OC)cc(C(O)CNc2cc(C)nc3ccc(F)cc23)c1. The minimum Gasteiger partial charge on any atom is -0.497 e. The van der Waals surface area contributed by atoms with Gasteiger partial charge in [-0.05, 0) is 48.9 Å². The van der Waals surface area contributed by atoms with Crippen molar-refractivity contribution >= 4 is 16.6 Å². The van der Waals surface area contributed by atoms with Crippen LogP contribution in [0.5, 0.6) is 11.5 Å². The van der Waals surface area contributed by atoms with Gasteiger partial charge in [-0.1, -0.05) is 0 Å².